The number of fused-ring (bicyclic) bond motifs is 1. The number of benzene rings is 2. The molecule has 0 spiro atoms. The Morgan fingerprint density at radius 3 is 2.45 bits per heavy atom. The lowest BCUT2D eigenvalue weighted by atomic mass is 10.1. The zero-order valence-corrected chi connectivity index (χ0v) is 19.4. The molecule has 33 heavy (non-hydrogen) atoms. The van der Waals surface area contributed by atoms with Crippen molar-refractivity contribution in [2.45, 2.75) is 37.2 Å². The van der Waals surface area contributed by atoms with Crippen molar-refractivity contribution in [2.24, 2.45) is 0 Å². The van der Waals surface area contributed by atoms with E-state index in [1.807, 2.05) is 35.7 Å². The summed E-state index contributed by atoms with van der Waals surface area (Å²) in [5.41, 5.74) is 2.65. The van der Waals surface area contributed by atoms with Crippen LogP contribution in [-0.2, 0) is 22.9 Å². The molecule has 2 heterocycles. The van der Waals surface area contributed by atoms with Crippen molar-refractivity contribution in [3.63, 3.8) is 0 Å². The second-order valence-electron chi connectivity index (χ2n) is 7.85. The number of rotatable bonds is 5. The Hall–Kier alpha value is -2.85. The minimum absolute atomic E-state index is 0.172. The van der Waals surface area contributed by atoms with E-state index in [0.717, 1.165) is 52.9 Å². The first-order valence-corrected chi connectivity index (χ1v) is 12.7. The van der Waals surface area contributed by atoms with Crippen LogP contribution in [0.4, 0.5) is 13.2 Å². The number of carbonyl (C=O) groups is 1. The summed E-state index contributed by atoms with van der Waals surface area (Å²) in [6.07, 6.45) is -5.84. The molecule has 1 aromatic heterocycles. The molecular formula is C23H20F3NO4S2. The predicted octanol–water partition coefficient (Wildman–Crippen LogP) is 5.30. The van der Waals surface area contributed by atoms with E-state index in [0.29, 0.717) is 0 Å². The molecule has 0 N–H and O–H groups in total. The number of sulfone groups is 1. The van der Waals surface area contributed by atoms with E-state index in [4.69, 9.17) is 4.74 Å². The van der Waals surface area contributed by atoms with Gasteiger partial charge in [-0.3, -0.25) is 4.79 Å². The smallest absolute Gasteiger partial charge is 0.425 e. The number of alkyl halides is 3. The van der Waals surface area contributed by atoms with Gasteiger partial charge >= 0.3 is 6.18 Å². The standard InChI is InChI=1S/C23H20F3NO4S2/c1-14(23(24,25)26)31-20-8-7-18(33(2,29)30)11-19(20)22(28)27-12-16-6-5-15(10-17(16)13-27)21-4-3-9-32-21/h3-11,14H,12-13H2,1-2H3/t14-/m0/s1. The molecule has 0 saturated heterocycles. The third-order valence-corrected chi connectivity index (χ3v) is 7.43. The number of halogens is 3. The summed E-state index contributed by atoms with van der Waals surface area (Å²) in [5, 5.41) is 1.97. The third kappa shape index (κ3) is 4.91. The van der Waals surface area contributed by atoms with Crippen LogP contribution < -0.4 is 4.74 Å². The van der Waals surface area contributed by atoms with Crippen molar-refractivity contribution in [2.75, 3.05) is 6.26 Å². The molecule has 10 heteroatoms. The molecule has 1 atom stereocenters. The molecule has 0 radical (unpaired) electrons. The van der Waals surface area contributed by atoms with Gasteiger partial charge in [-0.25, -0.2) is 8.42 Å². The Labute approximate surface area is 193 Å². The summed E-state index contributed by atoms with van der Waals surface area (Å²) < 4.78 is 68.2. The van der Waals surface area contributed by atoms with E-state index in [1.54, 1.807) is 11.3 Å². The van der Waals surface area contributed by atoms with Gasteiger partial charge in [-0.2, -0.15) is 13.2 Å². The topological polar surface area (TPSA) is 63.7 Å². The molecule has 174 valence electrons. The maximum atomic E-state index is 13.3. The monoisotopic (exact) mass is 495 g/mol. The van der Waals surface area contributed by atoms with Gasteiger partial charge in [-0.05, 0) is 59.3 Å². The molecule has 0 unspecified atom stereocenters. The van der Waals surface area contributed by atoms with Crippen molar-refractivity contribution in [3.8, 4) is 16.2 Å². The Balaban J connectivity index is 1.66. The van der Waals surface area contributed by atoms with Crippen LogP contribution in [0.1, 0.15) is 28.4 Å². The molecule has 1 aliphatic rings. The molecule has 1 amide bonds. The Morgan fingerprint density at radius 1 is 1.09 bits per heavy atom. The summed E-state index contributed by atoms with van der Waals surface area (Å²) in [5.74, 6) is -0.911. The van der Waals surface area contributed by atoms with E-state index < -0.39 is 28.0 Å². The molecule has 3 aromatic rings. The summed E-state index contributed by atoms with van der Waals surface area (Å²) in [4.78, 5) is 15.7. The van der Waals surface area contributed by atoms with Crippen LogP contribution in [0.25, 0.3) is 10.4 Å². The Kier molecular flexibility index (Phi) is 6.00. The average Bonchev–Trinajstić information content (AvgIpc) is 3.41. The summed E-state index contributed by atoms with van der Waals surface area (Å²) in [7, 11) is -3.69. The molecule has 0 bridgehead atoms. The van der Waals surface area contributed by atoms with Gasteiger partial charge in [-0.1, -0.05) is 18.2 Å². The largest absolute Gasteiger partial charge is 0.480 e. The first-order chi connectivity index (χ1) is 15.4. The first kappa shape index (κ1) is 23.3. The fourth-order valence-electron chi connectivity index (χ4n) is 3.57. The van der Waals surface area contributed by atoms with Gasteiger partial charge in [0.15, 0.2) is 15.9 Å². The molecule has 5 nitrogen and oxygen atoms in total. The second-order valence-corrected chi connectivity index (χ2v) is 10.8. The average molecular weight is 496 g/mol. The van der Waals surface area contributed by atoms with Crippen LogP contribution in [0.2, 0.25) is 0 Å². The highest BCUT2D eigenvalue weighted by atomic mass is 32.2. The van der Waals surface area contributed by atoms with Crippen LogP contribution >= 0.6 is 11.3 Å². The highest BCUT2D eigenvalue weighted by Crippen LogP contribution is 2.34. The molecule has 1 aliphatic heterocycles. The zero-order valence-electron chi connectivity index (χ0n) is 17.7. The van der Waals surface area contributed by atoms with Gasteiger partial charge in [0, 0.05) is 24.2 Å². The van der Waals surface area contributed by atoms with Crippen LogP contribution in [-0.4, -0.2) is 37.8 Å². The number of amides is 1. The lowest BCUT2D eigenvalue weighted by molar-refractivity contribution is -0.189. The van der Waals surface area contributed by atoms with E-state index in [2.05, 4.69) is 0 Å². The maximum absolute atomic E-state index is 13.3. The molecular weight excluding hydrogens is 475 g/mol. The first-order valence-electron chi connectivity index (χ1n) is 9.96. The zero-order chi connectivity index (χ0) is 24.0. The normalized spacial score (nSPS) is 14.8. The maximum Gasteiger partial charge on any atom is 0.425 e. The van der Waals surface area contributed by atoms with Crippen LogP contribution in [0.15, 0.2) is 58.8 Å². The minimum Gasteiger partial charge on any atom is -0.480 e. The van der Waals surface area contributed by atoms with E-state index >= 15 is 0 Å². The van der Waals surface area contributed by atoms with Gasteiger partial charge in [0.25, 0.3) is 5.91 Å². The SMILES string of the molecule is C[C@H](Oc1ccc(S(C)(=O)=O)cc1C(=O)N1Cc2ccc(-c3cccs3)cc2C1)C(F)(F)F. The fraction of sp³-hybridized carbons (Fsp3) is 0.261. The quantitative estimate of drug-likeness (QED) is 0.482. The lowest BCUT2D eigenvalue weighted by Gasteiger charge is -2.22. The number of hydrogen-bond donors (Lipinski definition) is 0. The predicted molar refractivity (Wildman–Crippen MR) is 119 cm³/mol. The third-order valence-electron chi connectivity index (χ3n) is 5.40. The van der Waals surface area contributed by atoms with Crippen LogP contribution in [0.5, 0.6) is 5.75 Å². The summed E-state index contributed by atoms with van der Waals surface area (Å²) >= 11 is 1.59. The lowest BCUT2D eigenvalue weighted by Crippen LogP contribution is -2.32. The number of ether oxygens (including phenoxy) is 1. The Bertz CT molecular complexity index is 1300. The molecule has 0 aliphatic carbocycles. The number of thiophene rings is 1. The van der Waals surface area contributed by atoms with Gasteiger partial charge in [0.05, 0.1) is 10.5 Å². The number of carbonyl (C=O) groups excluding carboxylic acids is 1. The molecule has 2 aromatic carbocycles. The van der Waals surface area contributed by atoms with Crippen LogP contribution in [0, 0.1) is 0 Å². The highest BCUT2D eigenvalue weighted by Gasteiger charge is 2.39. The molecule has 0 saturated carbocycles. The van der Waals surface area contributed by atoms with Crippen molar-refractivity contribution >= 4 is 27.1 Å². The van der Waals surface area contributed by atoms with E-state index in [9.17, 15) is 26.4 Å². The van der Waals surface area contributed by atoms with Gasteiger partial charge in [0.1, 0.15) is 5.75 Å². The molecule has 0 fully saturated rings. The number of nitrogens with zero attached hydrogens (tertiary/aromatic N) is 1. The minimum atomic E-state index is -4.64. The Morgan fingerprint density at radius 2 is 1.82 bits per heavy atom. The van der Waals surface area contributed by atoms with Gasteiger partial charge < -0.3 is 9.64 Å². The van der Waals surface area contributed by atoms with E-state index in [1.165, 1.54) is 4.90 Å². The van der Waals surface area contributed by atoms with Crippen molar-refractivity contribution in [1.82, 2.24) is 4.90 Å². The number of hydrogen-bond acceptors (Lipinski definition) is 5. The summed E-state index contributed by atoms with van der Waals surface area (Å²) in [6.45, 7) is 1.34. The van der Waals surface area contributed by atoms with Crippen molar-refractivity contribution < 1.29 is 31.1 Å². The summed E-state index contributed by atoms with van der Waals surface area (Å²) in [6, 6.07) is 13.1. The molecule has 4 rings (SSSR count). The van der Waals surface area contributed by atoms with Crippen molar-refractivity contribution in [3.05, 3.63) is 70.6 Å². The fourth-order valence-corrected chi connectivity index (χ4v) is 4.94. The van der Waals surface area contributed by atoms with Gasteiger partial charge in [-0.15, -0.1) is 11.3 Å². The van der Waals surface area contributed by atoms with Crippen LogP contribution in [0.3, 0.4) is 0 Å². The van der Waals surface area contributed by atoms with Gasteiger partial charge in [0.2, 0.25) is 0 Å². The van der Waals surface area contributed by atoms with Crippen molar-refractivity contribution in [1.29, 1.82) is 0 Å². The highest BCUT2D eigenvalue weighted by molar-refractivity contribution is 7.90. The van der Waals surface area contributed by atoms with E-state index in [-0.39, 0.29) is 29.3 Å². The second kappa shape index (κ2) is 8.49.